The Bertz CT molecular complexity index is 730. The highest BCUT2D eigenvalue weighted by atomic mass is 16.2. The molecule has 0 spiro atoms. The lowest BCUT2D eigenvalue weighted by atomic mass is 9.53. The molecule has 2 saturated carbocycles. The van der Waals surface area contributed by atoms with Crippen molar-refractivity contribution in [1.82, 2.24) is 0 Å². The van der Waals surface area contributed by atoms with Crippen molar-refractivity contribution in [3.63, 3.8) is 0 Å². The van der Waals surface area contributed by atoms with Crippen LogP contribution in [0, 0.1) is 23.2 Å². The van der Waals surface area contributed by atoms with E-state index in [-0.39, 0.29) is 5.41 Å². The Kier molecular flexibility index (Phi) is 6.97. The molecule has 1 N–H and O–H groups in total. The maximum absolute atomic E-state index is 12.9. The summed E-state index contributed by atoms with van der Waals surface area (Å²) in [6.45, 7) is 2.60. The lowest BCUT2D eigenvalue weighted by molar-refractivity contribution is -0.129. The first-order valence-electron chi connectivity index (χ1n) is 12.7. The molecule has 0 radical (unpaired) electrons. The molecule has 166 valence electrons. The normalized spacial score (nSPS) is 33.3. The molecule has 0 aliphatic heterocycles. The second-order valence-electron chi connectivity index (χ2n) is 10.6. The summed E-state index contributed by atoms with van der Waals surface area (Å²) in [6.07, 6.45) is 18.3. The Hall–Kier alpha value is -1.22. The fourth-order valence-corrected chi connectivity index (χ4v) is 7.25. The Morgan fingerprint density at radius 3 is 2.43 bits per heavy atom. The van der Waals surface area contributed by atoms with Gasteiger partial charge >= 0.3 is 0 Å². The molecule has 30 heavy (non-hydrogen) atoms. The van der Waals surface area contributed by atoms with Crippen molar-refractivity contribution in [1.29, 1.82) is 0 Å². The van der Waals surface area contributed by atoms with Crippen molar-refractivity contribution < 1.29 is 14.7 Å². The maximum atomic E-state index is 12.9. The predicted octanol–water partition coefficient (Wildman–Crippen LogP) is 6.10. The van der Waals surface area contributed by atoms with Crippen LogP contribution in [0.1, 0.15) is 103 Å². The Labute approximate surface area is 182 Å². The average Bonchev–Trinajstić information content (AvgIpc) is 3.03. The summed E-state index contributed by atoms with van der Waals surface area (Å²) in [4.78, 5) is 24.9. The first kappa shape index (κ1) is 22.0. The van der Waals surface area contributed by atoms with Gasteiger partial charge in [0, 0.05) is 24.9 Å². The van der Waals surface area contributed by atoms with E-state index >= 15 is 0 Å². The molecule has 0 saturated heterocycles. The number of allylic oxidation sites excluding steroid dienone is 4. The van der Waals surface area contributed by atoms with Crippen LogP contribution in [-0.2, 0) is 9.59 Å². The van der Waals surface area contributed by atoms with Crippen molar-refractivity contribution in [2.24, 2.45) is 23.2 Å². The first-order chi connectivity index (χ1) is 14.5. The van der Waals surface area contributed by atoms with E-state index in [1.807, 2.05) is 6.08 Å². The molecule has 3 nitrogen and oxygen atoms in total. The third kappa shape index (κ3) is 4.24. The fourth-order valence-electron chi connectivity index (χ4n) is 7.25. The number of rotatable bonds is 9. The van der Waals surface area contributed by atoms with Crippen LogP contribution in [0.3, 0.4) is 0 Å². The van der Waals surface area contributed by atoms with Crippen molar-refractivity contribution in [3.8, 4) is 0 Å². The van der Waals surface area contributed by atoms with E-state index in [9.17, 15) is 9.59 Å². The largest absolute Gasteiger partial charge is 0.396 e. The molecule has 2 fully saturated rings. The molecule has 0 unspecified atom stereocenters. The molecule has 0 heterocycles. The summed E-state index contributed by atoms with van der Waals surface area (Å²) in [5.74, 6) is 2.49. The van der Waals surface area contributed by atoms with E-state index in [0.717, 1.165) is 51.4 Å². The number of hydrogen-bond acceptors (Lipinski definition) is 3. The van der Waals surface area contributed by atoms with Gasteiger partial charge in [0.15, 0.2) is 5.78 Å². The first-order valence-corrected chi connectivity index (χ1v) is 12.7. The number of carbonyl (C=O) groups excluding carboxylic acids is 2. The van der Waals surface area contributed by atoms with Gasteiger partial charge in [0.05, 0.1) is 0 Å². The third-order valence-corrected chi connectivity index (χ3v) is 8.76. The number of fused-ring (bicyclic) bond motifs is 4. The van der Waals surface area contributed by atoms with E-state index in [1.54, 1.807) is 5.57 Å². The van der Waals surface area contributed by atoms with Crippen LogP contribution in [0.15, 0.2) is 22.8 Å². The van der Waals surface area contributed by atoms with Gasteiger partial charge in [0.2, 0.25) is 0 Å². The van der Waals surface area contributed by atoms with Crippen molar-refractivity contribution >= 4 is 11.6 Å². The number of carbonyl (C=O) groups is 2. The number of hydrogen-bond donors (Lipinski definition) is 1. The highest BCUT2D eigenvalue weighted by Gasteiger charge is 2.55. The van der Waals surface area contributed by atoms with Crippen LogP contribution in [0.25, 0.3) is 0 Å². The number of aliphatic hydroxyl groups is 1. The van der Waals surface area contributed by atoms with Gasteiger partial charge in [0.25, 0.3) is 0 Å². The summed E-state index contributed by atoms with van der Waals surface area (Å²) in [5, 5.41) is 8.90. The molecule has 0 aromatic rings. The summed E-state index contributed by atoms with van der Waals surface area (Å²) in [7, 11) is 0. The van der Waals surface area contributed by atoms with Gasteiger partial charge in [-0.05, 0) is 79.9 Å². The van der Waals surface area contributed by atoms with Crippen LogP contribution in [-0.4, -0.2) is 23.3 Å². The average molecular weight is 413 g/mol. The standard InChI is InChI=1S/C27H40O3/c1-27-18-20(9-7-5-3-2-4-6-8-16-28)26-22-13-11-21(29)17-19(22)10-12-23(26)24(27)14-15-25(27)30/h17,20,23-24,28H,2-16,18H2,1H3/t20-,23-,24-,27-/m0/s1. The minimum Gasteiger partial charge on any atom is -0.396 e. The van der Waals surface area contributed by atoms with Gasteiger partial charge in [0.1, 0.15) is 5.78 Å². The highest BCUT2D eigenvalue weighted by Crippen LogP contribution is 2.61. The summed E-state index contributed by atoms with van der Waals surface area (Å²) < 4.78 is 0. The smallest absolute Gasteiger partial charge is 0.156 e. The monoisotopic (exact) mass is 412 g/mol. The SMILES string of the molecule is C[C@]12C[C@H](CCCCCCCCCO)C3=C4CCC(=O)C=C4CC[C@H]3[C@@H]1CCC2=O. The van der Waals surface area contributed by atoms with Gasteiger partial charge in [-0.1, -0.05) is 51.0 Å². The number of aliphatic hydroxyl groups excluding tert-OH is 1. The maximum Gasteiger partial charge on any atom is 0.156 e. The van der Waals surface area contributed by atoms with Crippen LogP contribution < -0.4 is 0 Å². The highest BCUT2D eigenvalue weighted by molar-refractivity contribution is 5.93. The van der Waals surface area contributed by atoms with Crippen molar-refractivity contribution in [2.45, 2.75) is 103 Å². The fraction of sp³-hybridized carbons (Fsp3) is 0.778. The molecule has 0 bridgehead atoms. The summed E-state index contributed by atoms with van der Waals surface area (Å²) >= 11 is 0. The van der Waals surface area contributed by atoms with E-state index in [2.05, 4.69) is 6.92 Å². The molecule has 4 atom stereocenters. The molecule has 0 amide bonds. The minimum atomic E-state index is -0.102. The molecule has 3 heteroatoms. The van der Waals surface area contributed by atoms with Crippen LogP contribution in [0.2, 0.25) is 0 Å². The molecule has 0 aromatic heterocycles. The zero-order valence-electron chi connectivity index (χ0n) is 18.9. The van der Waals surface area contributed by atoms with E-state index in [0.29, 0.717) is 42.3 Å². The van der Waals surface area contributed by atoms with E-state index in [4.69, 9.17) is 5.11 Å². The van der Waals surface area contributed by atoms with Crippen LogP contribution in [0.4, 0.5) is 0 Å². The van der Waals surface area contributed by atoms with Gasteiger partial charge < -0.3 is 5.11 Å². The molecule has 4 rings (SSSR count). The zero-order chi connectivity index (χ0) is 21.1. The van der Waals surface area contributed by atoms with Gasteiger partial charge in [-0.25, -0.2) is 0 Å². The second-order valence-corrected chi connectivity index (χ2v) is 10.6. The minimum absolute atomic E-state index is 0.102. The second kappa shape index (κ2) is 9.51. The summed E-state index contributed by atoms with van der Waals surface area (Å²) in [5.41, 5.74) is 4.44. The Balaban J connectivity index is 1.47. The molecule has 4 aliphatic rings. The quantitative estimate of drug-likeness (QED) is 0.465. The molecular formula is C27H40O3. The van der Waals surface area contributed by atoms with Gasteiger partial charge in [-0.3, -0.25) is 9.59 Å². The Morgan fingerprint density at radius 2 is 1.67 bits per heavy atom. The molecule has 4 aliphatic carbocycles. The van der Waals surface area contributed by atoms with E-state index < -0.39 is 0 Å². The number of ketones is 2. The number of unbranched alkanes of at least 4 members (excludes halogenated alkanes) is 6. The lowest BCUT2D eigenvalue weighted by Crippen LogP contribution is -2.44. The van der Waals surface area contributed by atoms with Crippen molar-refractivity contribution in [3.05, 3.63) is 22.8 Å². The predicted molar refractivity (Wildman–Crippen MR) is 120 cm³/mol. The zero-order valence-corrected chi connectivity index (χ0v) is 18.9. The number of Topliss-reactive ketones (excluding diaryl/α,β-unsaturated/α-hetero) is 1. The van der Waals surface area contributed by atoms with Crippen LogP contribution in [0.5, 0.6) is 0 Å². The van der Waals surface area contributed by atoms with E-state index in [1.165, 1.54) is 49.7 Å². The molecular weight excluding hydrogens is 372 g/mol. The topological polar surface area (TPSA) is 54.4 Å². The lowest BCUT2D eigenvalue weighted by Gasteiger charge is -2.50. The van der Waals surface area contributed by atoms with Crippen LogP contribution >= 0.6 is 0 Å². The van der Waals surface area contributed by atoms with Gasteiger partial charge in [-0.2, -0.15) is 0 Å². The third-order valence-electron chi connectivity index (χ3n) is 8.76. The van der Waals surface area contributed by atoms with Crippen molar-refractivity contribution in [2.75, 3.05) is 6.61 Å². The summed E-state index contributed by atoms with van der Waals surface area (Å²) in [6, 6.07) is 0. The molecule has 0 aromatic carbocycles. The van der Waals surface area contributed by atoms with Gasteiger partial charge in [-0.15, -0.1) is 0 Å². The Morgan fingerprint density at radius 1 is 0.933 bits per heavy atom.